The molecule has 2 rings (SSSR count). The van der Waals surface area contributed by atoms with Crippen LogP contribution in [0.2, 0.25) is 0 Å². The minimum absolute atomic E-state index is 0.0208. The number of benzene rings is 1. The highest BCUT2D eigenvalue weighted by Gasteiger charge is 2.32. The molecule has 0 saturated heterocycles. The van der Waals surface area contributed by atoms with Crippen molar-refractivity contribution in [2.24, 2.45) is 0 Å². The Bertz CT molecular complexity index is 623. The smallest absolute Gasteiger partial charge is 0.207 e. The molecule has 0 spiro atoms. The van der Waals surface area contributed by atoms with Gasteiger partial charge in [-0.2, -0.15) is 4.31 Å². The molecule has 0 bridgehead atoms. The average molecular weight is 386 g/mol. The van der Waals surface area contributed by atoms with E-state index in [0.717, 1.165) is 36.6 Å². The van der Waals surface area contributed by atoms with Crippen molar-refractivity contribution in [2.75, 3.05) is 11.9 Å². The third kappa shape index (κ3) is 4.00. The predicted octanol–water partition coefficient (Wildman–Crippen LogP) is 4.27. The molecular weight excluding hydrogens is 362 g/mol. The van der Waals surface area contributed by atoms with Gasteiger partial charge in [0.2, 0.25) is 10.0 Å². The summed E-state index contributed by atoms with van der Waals surface area (Å²) in [7, 11) is -3.42. The van der Waals surface area contributed by atoms with Crippen LogP contribution in [0.15, 0.2) is 40.8 Å². The molecular formula is C17H24BrNO2S. The van der Waals surface area contributed by atoms with Crippen molar-refractivity contribution < 1.29 is 8.42 Å². The summed E-state index contributed by atoms with van der Waals surface area (Å²) in [6.07, 6.45) is 5.94. The molecule has 3 nitrogen and oxygen atoms in total. The zero-order chi connectivity index (χ0) is 16.2. The van der Waals surface area contributed by atoms with E-state index in [1.807, 2.05) is 19.1 Å². The third-order valence-electron chi connectivity index (χ3n) is 4.10. The second-order valence-corrected chi connectivity index (χ2v) is 8.30. The van der Waals surface area contributed by atoms with E-state index < -0.39 is 10.0 Å². The Labute approximate surface area is 142 Å². The number of halogens is 1. The topological polar surface area (TPSA) is 37.4 Å². The lowest BCUT2D eigenvalue weighted by atomic mass is 10.0. The number of unbranched alkanes of at least 4 members (excludes halogenated alkanes) is 1. The summed E-state index contributed by atoms with van der Waals surface area (Å²) >= 11 is 3.49. The molecule has 0 amide bonds. The second-order valence-electron chi connectivity index (χ2n) is 5.85. The molecule has 1 aliphatic rings. The molecule has 0 fully saturated rings. The van der Waals surface area contributed by atoms with Gasteiger partial charge in [0.05, 0.1) is 4.90 Å². The summed E-state index contributed by atoms with van der Waals surface area (Å²) in [6.45, 7) is 4.67. The van der Waals surface area contributed by atoms with Crippen LogP contribution in [0.3, 0.4) is 0 Å². The molecule has 0 radical (unpaired) electrons. The number of hydrogen-bond acceptors (Lipinski definition) is 2. The number of sulfonamides is 1. The molecule has 0 aromatic heterocycles. The van der Waals surface area contributed by atoms with Crippen LogP contribution in [0.1, 0.15) is 38.2 Å². The predicted molar refractivity (Wildman–Crippen MR) is 94.9 cm³/mol. The third-order valence-corrected chi connectivity index (χ3v) is 6.76. The molecule has 1 atom stereocenters. The minimum Gasteiger partial charge on any atom is -0.207 e. The SMILES string of the molecule is CCCCC1C=C(CBr)CCN1S(=O)(=O)c1ccc(C)cc1. The molecule has 1 aromatic rings. The van der Waals surface area contributed by atoms with E-state index in [9.17, 15) is 8.42 Å². The van der Waals surface area contributed by atoms with E-state index in [-0.39, 0.29) is 6.04 Å². The monoisotopic (exact) mass is 385 g/mol. The lowest BCUT2D eigenvalue weighted by Gasteiger charge is -2.33. The quantitative estimate of drug-likeness (QED) is 0.541. The normalized spacial score (nSPS) is 20.0. The number of hydrogen-bond donors (Lipinski definition) is 0. The van der Waals surface area contributed by atoms with Crippen molar-refractivity contribution in [3.05, 3.63) is 41.5 Å². The van der Waals surface area contributed by atoms with E-state index in [1.54, 1.807) is 16.4 Å². The Morgan fingerprint density at radius 3 is 2.55 bits per heavy atom. The van der Waals surface area contributed by atoms with Crippen LogP contribution in [0.5, 0.6) is 0 Å². The average Bonchev–Trinajstić information content (AvgIpc) is 2.53. The Balaban J connectivity index is 2.31. The van der Waals surface area contributed by atoms with Gasteiger partial charge in [0.1, 0.15) is 0 Å². The lowest BCUT2D eigenvalue weighted by Crippen LogP contribution is -2.42. The number of nitrogens with zero attached hydrogens (tertiary/aromatic N) is 1. The van der Waals surface area contributed by atoms with Crippen molar-refractivity contribution in [3.8, 4) is 0 Å². The van der Waals surface area contributed by atoms with Crippen molar-refractivity contribution in [2.45, 2.75) is 50.5 Å². The Kier molecular flexibility index (Phi) is 6.24. The van der Waals surface area contributed by atoms with Crippen LogP contribution in [-0.4, -0.2) is 30.6 Å². The van der Waals surface area contributed by atoms with E-state index in [1.165, 1.54) is 5.57 Å². The van der Waals surface area contributed by atoms with Gasteiger partial charge in [0.25, 0.3) is 0 Å². The van der Waals surface area contributed by atoms with E-state index in [0.29, 0.717) is 11.4 Å². The van der Waals surface area contributed by atoms with E-state index >= 15 is 0 Å². The summed E-state index contributed by atoms with van der Waals surface area (Å²) in [5.74, 6) is 0. The molecule has 1 unspecified atom stereocenters. The van der Waals surface area contributed by atoms with Gasteiger partial charge in [-0.15, -0.1) is 0 Å². The number of aryl methyl sites for hydroxylation is 1. The molecule has 0 aliphatic carbocycles. The van der Waals surface area contributed by atoms with E-state index in [2.05, 4.69) is 28.9 Å². The van der Waals surface area contributed by atoms with Gasteiger partial charge >= 0.3 is 0 Å². The highest BCUT2D eigenvalue weighted by Crippen LogP contribution is 2.28. The fourth-order valence-electron chi connectivity index (χ4n) is 2.75. The van der Waals surface area contributed by atoms with Crippen molar-refractivity contribution in [1.82, 2.24) is 4.31 Å². The molecule has 1 aromatic carbocycles. The second kappa shape index (κ2) is 7.75. The maximum atomic E-state index is 13.0. The van der Waals surface area contributed by atoms with Gasteiger partial charge in [0.15, 0.2) is 0 Å². The number of rotatable bonds is 6. The lowest BCUT2D eigenvalue weighted by molar-refractivity contribution is 0.329. The van der Waals surface area contributed by atoms with Crippen LogP contribution in [0.25, 0.3) is 0 Å². The van der Waals surface area contributed by atoms with Gasteiger partial charge < -0.3 is 0 Å². The maximum absolute atomic E-state index is 13.0. The van der Waals surface area contributed by atoms with Crippen molar-refractivity contribution in [1.29, 1.82) is 0 Å². The Morgan fingerprint density at radius 2 is 1.95 bits per heavy atom. The zero-order valence-corrected chi connectivity index (χ0v) is 15.7. The van der Waals surface area contributed by atoms with Gasteiger partial charge in [-0.1, -0.05) is 65.0 Å². The first kappa shape index (κ1) is 17.7. The summed E-state index contributed by atoms with van der Waals surface area (Å²) in [5, 5.41) is 0.827. The number of alkyl halides is 1. The van der Waals surface area contributed by atoms with Gasteiger partial charge in [-0.3, -0.25) is 0 Å². The first-order valence-corrected chi connectivity index (χ1v) is 10.4. The van der Waals surface area contributed by atoms with E-state index in [4.69, 9.17) is 0 Å². The molecule has 122 valence electrons. The first-order valence-electron chi connectivity index (χ1n) is 7.83. The van der Waals surface area contributed by atoms with Crippen LogP contribution in [0, 0.1) is 6.92 Å². The summed E-state index contributed by atoms with van der Waals surface area (Å²) in [4.78, 5) is 0.398. The molecule has 0 saturated carbocycles. The largest absolute Gasteiger partial charge is 0.243 e. The first-order chi connectivity index (χ1) is 10.5. The van der Waals surface area contributed by atoms with Crippen molar-refractivity contribution in [3.63, 3.8) is 0 Å². The summed E-state index contributed by atoms with van der Waals surface area (Å²) in [6, 6.07) is 7.12. The van der Waals surface area contributed by atoms with Gasteiger partial charge in [0, 0.05) is 17.9 Å². The van der Waals surface area contributed by atoms with Crippen LogP contribution < -0.4 is 0 Å². The Hall–Kier alpha value is -0.650. The fraction of sp³-hybridized carbons (Fsp3) is 0.529. The fourth-order valence-corrected chi connectivity index (χ4v) is 4.83. The summed E-state index contributed by atoms with van der Waals surface area (Å²) < 4.78 is 27.6. The van der Waals surface area contributed by atoms with Crippen molar-refractivity contribution >= 4 is 26.0 Å². The van der Waals surface area contributed by atoms with Gasteiger partial charge in [-0.25, -0.2) is 8.42 Å². The standard InChI is InChI=1S/C17H24BrNO2S/c1-3-4-5-16-12-15(13-18)10-11-19(16)22(20,21)17-8-6-14(2)7-9-17/h6-9,12,16H,3-5,10-11,13H2,1-2H3. The maximum Gasteiger partial charge on any atom is 0.243 e. The molecule has 22 heavy (non-hydrogen) atoms. The molecule has 1 heterocycles. The Morgan fingerprint density at radius 1 is 1.27 bits per heavy atom. The van der Waals surface area contributed by atoms with Crippen LogP contribution >= 0.6 is 15.9 Å². The molecule has 5 heteroatoms. The van der Waals surface area contributed by atoms with Crippen LogP contribution in [-0.2, 0) is 10.0 Å². The zero-order valence-electron chi connectivity index (χ0n) is 13.3. The molecule has 0 N–H and O–H groups in total. The van der Waals surface area contributed by atoms with Gasteiger partial charge in [-0.05, 0) is 31.9 Å². The highest BCUT2D eigenvalue weighted by atomic mass is 79.9. The van der Waals surface area contributed by atoms with Crippen LogP contribution in [0.4, 0.5) is 0 Å². The summed E-state index contributed by atoms with van der Waals surface area (Å²) in [5.41, 5.74) is 2.37. The molecule has 1 aliphatic heterocycles. The highest BCUT2D eigenvalue weighted by molar-refractivity contribution is 9.09. The minimum atomic E-state index is -3.42.